The van der Waals surface area contributed by atoms with E-state index in [1.807, 2.05) is 50.2 Å². The zero-order chi connectivity index (χ0) is 18.5. The lowest BCUT2D eigenvalue weighted by atomic mass is 10.1. The van der Waals surface area contributed by atoms with Crippen molar-refractivity contribution in [3.05, 3.63) is 71.7 Å². The van der Waals surface area contributed by atoms with Crippen LogP contribution in [-0.2, 0) is 0 Å². The van der Waals surface area contributed by atoms with E-state index in [2.05, 4.69) is 20.7 Å². The van der Waals surface area contributed by atoms with Crippen molar-refractivity contribution < 1.29 is 9.90 Å². The summed E-state index contributed by atoms with van der Waals surface area (Å²) < 4.78 is 1.75. The van der Waals surface area contributed by atoms with E-state index >= 15 is 0 Å². The summed E-state index contributed by atoms with van der Waals surface area (Å²) in [5.41, 5.74) is 3.30. The van der Waals surface area contributed by atoms with Crippen molar-refractivity contribution in [2.75, 3.05) is 11.9 Å². The number of carbonyl (C=O) groups is 1. The predicted octanol–water partition coefficient (Wildman–Crippen LogP) is 2.74. The van der Waals surface area contributed by atoms with E-state index in [1.54, 1.807) is 23.0 Å². The number of aromatic nitrogens is 3. The fraction of sp³-hybridized carbons (Fsp3) is 0.211. The third-order valence-corrected chi connectivity index (χ3v) is 3.92. The predicted molar refractivity (Wildman–Crippen MR) is 99.3 cm³/mol. The van der Waals surface area contributed by atoms with Crippen molar-refractivity contribution >= 4 is 11.7 Å². The molecule has 7 heteroatoms. The van der Waals surface area contributed by atoms with E-state index in [1.165, 1.54) is 0 Å². The van der Waals surface area contributed by atoms with Gasteiger partial charge in [0.05, 0.1) is 30.2 Å². The number of rotatable bonds is 5. The van der Waals surface area contributed by atoms with Gasteiger partial charge in [0.25, 0.3) is 0 Å². The maximum absolute atomic E-state index is 12.2. The lowest BCUT2D eigenvalue weighted by Gasteiger charge is -2.17. The zero-order valence-corrected chi connectivity index (χ0v) is 14.7. The highest BCUT2D eigenvalue weighted by atomic mass is 16.3. The molecule has 0 aliphatic heterocycles. The molecule has 0 aliphatic carbocycles. The summed E-state index contributed by atoms with van der Waals surface area (Å²) in [7, 11) is 0. The standard InChI is InChI=1S/C19H21N5O2/c1-13-10-14(2)24(23-13)18-9-8-16(11-20-18)21-19(26)22-17(12-25)15-6-4-3-5-7-15/h3-11,17,25H,12H2,1-2H3,(H2,21,22,26)/t17-/m1/s1. The van der Waals surface area contributed by atoms with Gasteiger partial charge < -0.3 is 15.7 Å². The molecule has 0 bridgehead atoms. The molecule has 2 amide bonds. The fourth-order valence-electron chi connectivity index (χ4n) is 2.69. The van der Waals surface area contributed by atoms with Crippen LogP contribution in [0.2, 0.25) is 0 Å². The zero-order valence-electron chi connectivity index (χ0n) is 14.7. The van der Waals surface area contributed by atoms with Gasteiger partial charge in [0, 0.05) is 5.69 Å². The van der Waals surface area contributed by atoms with E-state index in [0.29, 0.717) is 11.5 Å². The van der Waals surface area contributed by atoms with Crippen LogP contribution in [0.4, 0.5) is 10.5 Å². The van der Waals surface area contributed by atoms with E-state index in [9.17, 15) is 9.90 Å². The first-order chi connectivity index (χ1) is 12.6. The van der Waals surface area contributed by atoms with Gasteiger partial charge >= 0.3 is 6.03 Å². The second kappa shape index (κ2) is 7.79. The number of urea groups is 1. The van der Waals surface area contributed by atoms with Crippen LogP contribution in [0, 0.1) is 13.8 Å². The summed E-state index contributed by atoms with van der Waals surface area (Å²) >= 11 is 0. The van der Waals surface area contributed by atoms with Crippen LogP contribution >= 0.6 is 0 Å². The Balaban J connectivity index is 1.65. The number of aliphatic hydroxyl groups is 1. The topological polar surface area (TPSA) is 92.1 Å². The maximum atomic E-state index is 12.2. The number of anilines is 1. The van der Waals surface area contributed by atoms with Crippen LogP contribution in [0.15, 0.2) is 54.7 Å². The largest absolute Gasteiger partial charge is 0.394 e. The highest BCUT2D eigenvalue weighted by molar-refractivity contribution is 5.89. The molecule has 26 heavy (non-hydrogen) atoms. The molecule has 2 heterocycles. The molecule has 3 rings (SSSR count). The fourth-order valence-corrected chi connectivity index (χ4v) is 2.69. The first-order valence-corrected chi connectivity index (χ1v) is 8.30. The Morgan fingerprint density at radius 1 is 1.19 bits per heavy atom. The van der Waals surface area contributed by atoms with Crippen LogP contribution in [0.3, 0.4) is 0 Å². The van der Waals surface area contributed by atoms with Gasteiger partial charge in [-0.1, -0.05) is 30.3 Å². The number of pyridine rings is 1. The molecular formula is C19H21N5O2. The molecule has 2 aromatic heterocycles. The number of carbonyl (C=O) groups excluding carboxylic acids is 1. The second-order valence-electron chi connectivity index (χ2n) is 5.99. The van der Waals surface area contributed by atoms with Crippen LogP contribution in [0.1, 0.15) is 23.0 Å². The van der Waals surface area contributed by atoms with Crippen molar-refractivity contribution in [2.45, 2.75) is 19.9 Å². The highest BCUT2D eigenvalue weighted by Gasteiger charge is 2.13. The first kappa shape index (κ1) is 17.6. The molecule has 0 saturated carbocycles. The first-order valence-electron chi connectivity index (χ1n) is 8.30. The van der Waals surface area contributed by atoms with Gasteiger partial charge in [-0.3, -0.25) is 0 Å². The molecule has 0 unspecified atom stereocenters. The molecular weight excluding hydrogens is 330 g/mol. The summed E-state index contributed by atoms with van der Waals surface area (Å²) in [5.74, 6) is 0.680. The molecule has 0 saturated heterocycles. The van der Waals surface area contributed by atoms with Gasteiger partial charge in [-0.05, 0) is 37.6 Å². The summed E-state index contributed by atoms with van der Waals surface area (Å²) in [5, 5.41) is 19.4. The number of amides is 2. The number of nitrogens with zero attached hydrogens (tertiary/aromatic N) is 3. The Hall–Kier alpha value is -3.19. The molecule has 1 aromatic carbocycles. The average Bonchev–Trinajstić information content (AvgIpc) is 2.99. The Morgan fingerprint density at radius 3 is 2.54 bits per heavy atom. The quantitative estimate of drug-likeness (QED) is 0.659. The molecule has 3 aromatic rings. The Morgan fingerprint density at radius 2 is 1.96 bits per heavy atom. The Bertz CT molecular complexity index is 875. The van der Waals surface area contributed by atoms with Crippen LogP contribution in [0.5, 0.6) is 0 Å². The van der Waals surface area contributed by atoms with Crippen molar-refractivity contribution in [3.63, 3.8) is 0 Å². The summed E-state index contributed by atoms with van der Waals surface area (Å²) in [6.07, 6.45) is 1.57. The van der Waals surface area contributed by atoms with Gasteiger partial charge in [-0.15, -0.1) is 0 Å². The third-order valence-electron chi connectivity index (χ3n) is 3.92. The number of nitrogens with one attached hydrogen (secondary N) is 2. The highest BCUT2D eigenvalue weighted by Crippen LogP contribution is 2.14. The van der Waals surface area contributed by atoms with Crippen molar-refractivity contribution in [2.24, 2.45) is 0 Å². The van der Waals surface area contributed by atoms with Crippen LogP contribution in [-0.4, -0.2) is 32.5 Å². The minimum atomic E-state index is -0.474. The summed E-state index contributed by atoms with van der Waals surface area (Å²) in [4.78, 5) is 16.5. The summed E-state index contributed by atoms with van der Waals surface area (Å²) in [6, 6.07) is 13.9. The van der Waals surface area contributed by atoms with Crippen molar-refractivity contribution in [3.8, 4) is 5.82 Å². The number of aliphatic hydroxyl groups excluding tert-OH is 1. The second-order valence-corrected chi connectivity index (χ2v) is 5.99. The smallest absolute Gasteiger partial charge is 0.319 e. The third kappa shape index (κ3) is 4.07. The Labute approximate surface area is 151 Å². The van der Waals surface area contributed by atoms with Crippen molar-refractivity contribution in [1.82, 2.24) is 20.1 Å². The van der Waals surface area contributed by atoms with Gasteiger partial charge in [0.15, 0.2) is 5.82 Å². The van der Waals surface area contributed by atoms with Gasteiger partial charge in [-0.2, -0.15) is 5.10 Å². The van der Waals surface area contributed by atoms with E-state index in [-0.39, 0.29) is 6.61 Å². The SMILES string of the molecule is Cc1cc(C)n(-c2ccc(NC(=O)N[C@H](CO)c3ccccc3)cn2)n1. The molecule has 0 spiro atoms. The van der Waals surface area contributed by atoms with E-state index in [4.69, 9.17) is 0 Å². The lowest BCUT2D eigenvalue weighted by Crippen LogP contribution is -2.34. The average molecular weight is 351 g/mol. The van der Waals surface area contributed by atoms with E-state index in [0.717, 1.165) is 17.0 Å². The maximum Gasteiger partial charge on any atom is 0.319 e. The number of hydrogen-bond acceptors (Lipinski definition) is 4. The molecule has 1 atom stereocenters. The number of benzene rings is 1. The minimum Gasteiger partial charge on any atom is -0.394 e. The monoisotopic (exact) mass is 351 g/mol. The molecule has 0 radical (unpaired) electrons. The van der Waals surface area contributed by atoms with Crippen LogP contribution < -0.4 is 10.6 Å². The number of hydrogen-bond donors (Lipinski definition) is 3. The molecule has 0 aliphatic rings. The summed E-state index contributed by atoms with van der Waals surface area (Å²) in [6.45, 7) is 3.69. The molecule has 0 fully saturated rings. The molecule has 134 valence electrons. The van der Waals surface area contributed by atoms with Gasteiger partial charge in [0.1, 0.15) is 0 Å². The van der Waals surface area contributed by atoms with Crippen molar-refractivity contribution in [1.29, 1.82) is 0 Å². The minimum absolute atomic E-state index is 0.188. The van der Waals surface area contributed by atoms with E-state index < -0.39 is 12.1 Å². The lowest BCUT2D eigenvalue weighted by molar-refractivity contribution is 0.225. The van der Waals surface area contributed by atoms with Crippen LogP contribution in [0.25, 0.3) is 5.82 Å². The van der Waals surface area contributed by atoms with Gasteiger partial charge in [-0.25, -0.2) is 14.5 Å². The molecule has 7 nitrogen and oxygen atoms in total. The van der Waals surface area contributed by atoms with Gasteiger partial charge in [0.2, 0.25) is 0 Å². The Kier molecular flexibility index (Phi) is 5.28. The normalized spacial score (nSPS) is 11.8. The molecule has 3 N–H and O–H groups in total. The number of aryl methyl sites for hydroxylation is 2.